The quantitative estimate of drug-likeness (QED) is 0.00963. The van der Waals surface area contributed by atoms with Gasteiger partial charge in [-0.2, -0.15) is 20.0 Å². The number of hydrogen-bond acceptors (Lipinski definition) is 40. The van der Waals surface area contributed by atoms with Crippen molar-refractivity contribution in [2.45, 2.75) is 64.6 Å². The van der Waals surface area contributed by atoms with Gasteiger partial charge >= 0.3 is 17.9 Å². The summed E-state index contributed by atoms with van der Waals surface area (Å²) in [7, 11) is 5.24. The van der Waals surface area contributed by atoms with E-state index in [1.165, 1.54) is 123 Å². The minimum absolute atomic E-state index is 0.0411. The largest absolute Gasteiger partial charge is 0.479 e. The lowest BCUT2D eigenvalue weighted by Gasteiger charge is -2.10. The number of nitrogens with two attached hydrogens (primary N) is 1. The monoisotopic (exact) mass is 1530 g/mol. The molecule has 0 aliphatic carbocycles. The van der Waals surface area contributed by atoms with E-state index < -0.39 is 24.5 Å². The van der Waals surface area contributed by atoms with Crippen molar-refractivity contribution < 1.29 is 67.0 Å². The zero-order valence-electron chi connectivity index (χ0n) is 53.0. The van der Waals surface area contributed by atoms with Crippen molar-refractivity contribution in [2.75, 3.05) is 57.2 Å². The van der Waals surface area contributed by atoms with E-state index in [0.717, 1.165) is 20.2 Å². The standard InChI is InChI=1S/C36H34N12O10S4.C20H18ClN9O4S4/c1-19-28(27(14-49)47(45-19)25-10-21(15-57-17-50)8-23(12-25)31(52)55-4)37-39-33-41-43-35(61-33)59-6-7-60-36-44-42-34(62-36)40-38-29-20(2)46-48(30(29)54-3)26-11-22(16-58-18-51)9-24(13-26)32(53)56-5;1-10-14(23-25-18-26-28-20(38-18)36-4-3-35-19-27-24-17(21)37-19)15(22)30(29-10)13-6-11(8-34-9-31)5-12(7-13)16(32)33-2/h8-13,17-18,49H,6-7,14-16H2,1-5H3;5-7,9H,3-4,8,22H2,1-2H3. The summed E-state index contributed by atoms with van der Waals surface area (Å²) in [6, 6.07) is 14.3. The van der Waals surface area contributed by atoms with Crippen molar-refractivity contribution in [3.8, 4) is 22.9 Å². The van der Waals surface area contributed by atoms with Gasteiger partial charge in [-0.05, 0) is 104 Å². The van der Waals surface area contributed by atoms with E-state index in [-0.39, 0.29) is 53.3 Å². The molecule has 3 aromatic carbocycles. The lowest BCUT2D eigenvalue weighted by molar-refractivity contribution is -0.130. The van der Waals surface area contributed by atoms with Crippen LogP contribution in [0.3, 0.4) is 0 Å². The molecule has 0 radical (unpaired) electrons. The number of nitrogen functional groups attached to an aromatic ring is 1. The number of azo groups is 3. The summed E-state index contributed by atoms with van der Waals surface area (Å²) in [5.41, 5.74) is 12.6. The van der Waals surface area contributed by atoms with Gasteiger partial charge in [0.2, 0.25) is 10.3 Å². The van der Waals surface area contributed by atoms with Crippen molar-refractivity contribution >= 4 is 180 Å². The number of aliphatic hydroxyl groups excluding tert-OH is 1. The minimum Gasteiger partial charge on any atom is -0.479 e. The maximum atomic E-state index is 12.4. The van der Waals surface area contributed by atoms with Gasteiger partial charge in [-0.15, -0.1) is 71.5 Å². The summed E-state index contributed by atoms with van der Waals surface area (Å²) in [6.45, 7) is 5.43. The van der Waals surface area contributed by atoms with Crippen LogP contribution >= 0.6 is 104 Å². The minimum atomic E-state index is -0.603. The number of rotatable bonds is 33. The topological polar surface area (TPSA) is 444 Å². The van der Waals surface area contributed by atoms with Gasteiger partial charge in [-0.1, -0.05) is 92.4 Å². The highest BCUT2D eigenvalue weighted by molar-refractivity contribution is 8.05. The van der Waals surface area contributed by atoms with E-state index in [1.54, 1.807) is 86.8 Å². The highest BCUT2D eigenvalue weighted by Gasteiger charge is 2.24. The molecule has 0 aliphatic rings. The molecule has 10 aromatic rings. The fraction of sp³-hybridized carbons (Fsp3) is 0.268. The number of methoxy groups -OCH3 is 4. The van der Waals surface area contributed by atoms with Gasteiger partial charge in [0, 0.05) is 23.0 Å². The van der Waals surface area contributed by atoms with Crippen LogP contribution in [0.15, 0.2) is 103 Å². The van der Waals surface area contributed by atoms with Crippen LogP contribution in [0.4, 0.5) is 38.3 Å². The van der Waals surface area contributed by atoms with Crippen LogP contribution in [0.2, 0.25) is 4.47 Å². The first-order valence-electron chi connectivity index (χ1n) is 28.2. The lowest BCUT2D eigenvalue weighted by Crippen LogP contribution is -2.08. The first kappa shape index (κ1) is 74.6. The Labute approximate surface area is 603 Å². The second-order valence-corrected chi connectivity index (χ2v) is 29.1. The number of anilines is 1. The van der Waals surface area contributed by atoms with E-state index in [9.17, 15) is 33.9 Å². The summed E-state index contributed by atoms with van der Waals surface area (Å²) in [5, 5.41) is 82.9. The molecule has 0 bridgehead atoms. The molecule has 3 N–H and O–H groups in total. The van der Waals surface area contributed by atoms with Crippen LogP contribution in [-0.2, 0) is 69.2 Å². The van der Waals surface area contributed by atoms with Gasteiger partial charge in [0.25, 0.3) is 34.8 Å². The van der Waals surface area contributed by atoms with Gasteiger partial charge in [0.1, 0.15) is 25.5 Å². The number of benzene rings is 3. The average molecular weight is 1540 g/mol. The molecular formula is C56H52ClN21O14S8. The maximum Gasteiger partial charge on any atom is 0.337 e. The highest BCUT2D eigenvalue weighted by Crippen LogP contribution is 2.39. The van der Waals surface area contributed by atoms with E-state index in [1.807, 2.05) is 0 Å². The molecule has 0 saturated heterocycles. The Balaban J connectivity index is 0.000000262. The Hall–Kier alpha value is -9.60. The Kier molecular flexibility index (Phi) is 27.2. The second kappa shape index (κ2) is 36.5. The molecule has 44 heteroatoms. The van der Waals surface area contributed by atoms with Crippen LogP contribution in [0.25, 0.3) is 17.1 Å². The third-order valence-corrected chi connectivity index (χ3v) is 21.2. The first-order valence-corrected chi connectivity index (χ1v) is 35.8. The molecule has 0 atom stereocenters. The number of hydrogen-bond donors (Lipinski definition) is 2. The molecule has 0 fully saturated rings. The molecule has 0 saturated carbocycles. The van der Waals surface area contributed by atoms with Crippen molar-refractivity contribution in [3.63, 3.8) is 0 Å². The summed E-state index contributed by atoms with van der Waals surface area (Å²) in [6.07, 6.45) is 0. The smallest absolute Gasteiger partial charge is 0.337 e. The molecule has 10 rings (SSSR count). The Morgan fingerprint density at radius 1 is 0.490 bits per heavy atom. The third kappa shape index (κ3) is 19.6. The molecule has 0 unspecified atom stereocenters. The van der Waals surface area contributed by atoms with Crippen molar-refractivity contribution in [3.05, 3.63) is 115 Å². The van der Waals surface area contributed by atoms with Crippen molar-refractivity contribution in [1.29, 1.82) is 0 Å². The molecular weight excluding hydrogens is 1480 g/mol. The van der Waals surface area contributed by atoms with Crippen LogP contribution < -0.4 is 10.5 Å². The normalized spacial score (nSPS) is 11.3. The Bertz CT molecular complexity index is 4490. The molecule has 520 valence electrons. The number of esters is 3. The summed E-state index contributed by atoms with van der Waals surface area (Å²) in [5.74, 6) is 1.61. The predicted octanol–water partition coefficient (Wildman–Crippen LogP) is 11.4. The molecule has 35 nitrogen and oxygen atoms in total. The number of halogens is 1. The first-order chi connectivity index (χ1) is 48.5. The van der Waals surface area contributed by atoms with E-state index >= 15 is 0 Å². The van der Waals surface area contributed by atoms with E-state index in [0.29, 0.717) is 128 Å². The number of ether oxygens (including phenoxy) is 7. The molecule has 100 heavy (non-hydrogen) atoms. The number of carbonyl (C=O) groups excluding carboxylic acids is 6. The van der Waals surface area contributed by atoms with Gasteiger partial charge in [0.05, 0.1) is 91.6 Å². The van der Waals surface area contributed by atoms with Crippen LogP contribution in [0, 0.1) is 20.8 Å². The molecule has 7 aromatic heterocycles. The maximum absolute atomic E-state index is 12.4. The summed E-state index contributed by atoms with van der Waals surface area (Å²) < 4.78 is 42.4. The highest BCUT2D eigenvalue weighted by atomic mass is 35.5. The van der Waals surface area contributed by atoms with Gasteiger partial charge in [-0.25, -0.2) is 23.7 Å². The third-order valence-electron chi connectivity index (χ3n) is 12.7. The number of carbonyl (C=O) groups is 6. The summed E-state index contributed by atoms with van der Waals surface area (Å²) >= 11 is 17.0. The number of aromatic nitrogens is 14. The zero-order chi connectivity index (χ0) is 71.2. The lowest BCUT2D eigenvalue weighted by atomic mass is 10.1. The van der Waals surface area contributed by atoms with Gasteiger partial charge in [0.15, 0.2) is 34.6 Å². The average Bonchev–Trinajstić information content (AvgIpc) is 1.62. The number of aliphatic hydroxyl groups is 1. The van der Waals surface area contributed by atoms with Crippen LogP contribution in [0.1, 0.15) is 70.5 Å². The van der Waals surface area contributed by atoms with Crippen LogP contribution in [-0.4, -0.2) is 164 Å². The predicted molar refractivity (Wildman–Crippen MR) is 368 cm³/mol. The zero-order valence-corrected chi connectivity index (χ0v) is 60.3. The van der Waals surface area contributed by atoms with E-state index in [4.69, 9.17) is 50.5 Å². The fourth-order valence-corrected chi connectivity index (χ4v) is 15.7. The Morgan fingerprint density at radius 3 is 1.25 bits per heavy atom. The van der Waals surface area contributed by atoms with Gasteiger partial charge < -0.3 is 44.0 Å². The van der Waals surface area contributed by atoms with Crippen molar-refractivity contribution in [1.82, 2.24) is 70.1 Å². The number of thioether (sulfide) groups is 4. The fourth-order valence-electron chi connectivity index (χ4n) is 8.57. The molecule has 0 amide bonds. The van der Waals surface area contributed by atoms with Gasteiger partial charge in [-0.3, -0.25) is 14.4 Å². The van der Waals surface area contributed by atoms with Crippen molar-refractivity contribution in [2.24, 2.45) is 30.7 Å². The second-order valence-electron chi connectivity index (χ2n) is 19.3. The van der Waals surface area contributed by atoms with E-state index in [2.05, 4.69) is 86.8 Å². The van der Waals surface area contributed by atoms with Crippen LogP contribution in [0.5, 0.6) is 5.88 Å². The Morgan fingerprint density at radius 2 is 0.850 bits per heavy atom. The number of aryl methyl sites for hydroxylation is 3. The number of nitrogens with zero attached hydrogens (tertiary/aromatic N) is 20. The molecule has 0 spiro atoms. The molecule has 0 aliphatic heterocycles. The summed E-state index contributed by atoms with van der Waals surface area (Å²) in [4.78, 5) is 69.0. The SMILES string of the molecule is COC(=O)c1cc(COC=O)cc(-n2nc(C)c(N=Nc3nnc(SCCSc4nnc(Cl)s4)s3)c2N)c1.COC(=O)c1cc(COC=O)cc(-n2nc(C)c(N=Nc3nnc(SCCSc4nnc(N=Nc5c(C)nn(-c6cc(COC=O)cc(C(=O)OC)c6)c5OC)s4)s3)c2CO)c1. The molecule has 7 heterocycles.